The maximum Gasteiger partial charge on any atom is 0.205 e. The normalized spacial score (nSPS) is 11.1. The van der Waals surface area contributed by atoms with Crippen molar-refractivity contribution in [3.8, 4) is 0 Å². The average Bonchev–Trinajstić information content (AvgIpc) is 2.78. The molecule has 0 amide bonds. The lowest BCUT2D eigenvalue weighted by molar-refractivity contribution is 0.566. The molecule has 3 nitrogen and oxygen atoms in total. The summed E-state index contributed by atoms with van der Waals surface area (Å²) in [5, 5.41) is 1.03. The van der Waals surface area contributed by atoms with Crippen molar-refractivity contribution in [3.05, 3.63) is 5.82 Å². The summed E-state index contributed by atoms with van der Waals surface area (Å²) >= 11 is 7.39. The molecule has 1 rings (SSSR count). The first kappa shape index (κ1) is 14.7. The van der Waals surface area contributed by atoms with Crippen LogP contribution in [0.25, 0.3) is 0 Å². The lowest BCUT2D eigenvalue weighted by atomic mass is 10.1. The van der Waals surface area contributed by atoms with Crippen LogP contribution in [0.4, 0.5) is 5.13 Å². The molecule has 1 heterocycles. The predicted octanol–water partition coefficient (Wildman–Crippen LogP) is 3.72. The van der Waals surface area contributed by atoms with E-state index in [1.54, 1.807) is 0 Å². The van der Waals surface area contributed by atoms with Gasteiger partial charge in [0, 0.05) is 36.4 Å². The highest BCUT2D eigenvalue weighted by atomic mass is 35.5. The number of hydrogen-bond donors (Lipinski definition) is 0. The van der Waals surface area contributed by atoms with Crippen molar-refractivity contribution in [3.63, 3.8) is 0 Å². The van der Waals surface area contributed by atoms with Gasteiger partial charge in [0.15, 0.2) is 0 Å². The first-order chi connectivity index (χ1) is 8.26. The first-order valence-corrected chi connectivity index (χ1v) is 7.72. The van der Waals surface area contributed by atoms with Crippen LogP contribution in [0.1, 0.15) is 45.9 Å². The Morgan fingerprint density at radius 3 is 2.53 bits per heavy atom. The maximum absolute atomic E-state index is 5.89. The Balaban J connectivity index is 2.80. The van der Waals surface area contributed by atoms with E-state index in [-0.39, 0.29) is 0 Å². The molecule has 0 saturated carbocycles. The second-order valence-corrected chi connectivity index (χ2v) is 5.20. The van der Waals surface area contributed by atoms with Crippen LogP contribution in [0, 0.1) is 0 Å². The van der Waals surface area contributed by atoms with Gasteiger partial charge in [0.05, 0.1) is 0 Å². The SMILES string of the molecule is CCCc1nsc(N(CCCl)C(CC)CC)n1. The highest BCUT2D eigenvalue weighted by Crippen LogP contribution is 2.23. The summed E-state index contributed by atoms with van der Waals surface area (Å²) in [5.41, 5.74) is 0. The average molecular weight is 276 g/mol. The molecule has 98 valence electrons. The number of aryl methyl sites for hydroxylation is 1. The maximum atomic E-state index is 5.89. The minimum Gasteiger partial charge on any atom is -0.343 e. The molecule has 0 radical (unpaired) electrons. The molecule has 0 aromatic carbocycles. The molecular weight excluding hydrogens is 254 g/mol. The van der Waals surface area contributed by atoms with E-state index in [1.165, 1.54) is 11.5 Å². The van der Waals surface area contributed by atoms with Crippen molar-refractivity contribution in [2.24, 2.45) is 0 Å². The lowest BCUT2D eigenvalue weighted by Crippen LogP contribution is -2.36. The number of aromatic nitrogens is 2. The molecule has 1 aromatic heterocycles. The fourth-order valence-corrected chi connectivity index (χ4v) is 2.93. The Kier molecular flexibility index (Phi) is 6.82. The van der Waals surface area contributed by atoms with Crippen LogP contribution in [-0.4, -0.2) is 27.8 Å². The van der Waals surface area contributed by atoms with Crippen molar-refractivity contribution in [2.45, 2.75) is 52.5 Å². The first-order valence-electron chi connectivity index (χ1n) is 6.41. The summed E-state index contributed by atoms with van der Waals surface area (Å²) in [6.07, 6.45) is 4.30. The molecule has 0 fully saturated rings. The minimum atomic E-state index is 0.524. The van der Waals surface area contributed by atoms with Gasteiger partial charge in [-0.15, -0.1) is 11.6 Å². The van der Waals surface area contributed by atoms with Crippen molar-refractivity contribution in [1.29, 1.82) is 0 Å². The summed E-state index contributed by atoms with van der Waals surface area (Å²) in [7, 11) is 0. The highest BCUT2D eigenvalue weighted by Gasteiger charge is 2.18. The third-order valence-corrected chi connectivity index (χ3v) is 3.85. The highest BCUT2D eigenvalue weighted by molar-refractivity contribution is 7.09. The number of rotatable bonds is 8. The van der Waals surface area contributed by atoms with Crippen molar-refractivity contribution in [2.75, 3.05) is 17.3 Å². The van der Waals surface area contributed by atoms with E-state index in [1.807, 2.05) is 0 Å². The molecule has 0 spiro atoms. The van der Waals surface area contributed by atoms with Crippen LogP contribution < -0.4 is 4.90 Å². The molecule has 0 saturated heterocycles. The van der Waals surface area contributed by atoms with E-state index in [2.05, 4.69) is 35.0 Å². The molecule has 5 heteroatoms. The van der Waals surface area contributed by atoms with Crippen molar-refractivity contribution < 1.29 is 0 Å². The van der Waals surface area contributed by atoms with Gasteiger partial charge in [-0.05, 0) is 19.3 Å². The van der Waals surface area contributed by atoms with Gasteiger partial charge in [-0.25, -0.2) is 4.98 Å². The topological polar surface area (TPSA) is 29.0 Å². The molecule has 0 aliphatic rings. The summed E-state index contributed by atoms with van der Waals surface area (Å²) in [6.45, 7) is 7.43. The summed E-state index contributed by atoms with van der Waals surface area (Å²) in [5.74, 6) is 1.61. The van der Waals surface area contributed by atoms with E-state index in [9.17, 15) is 0 Å². The molecule has 0 bridgehead atoms. The summed E-state index contributed by atoms with van der Waals surface area (Å²) in [6, 6.07) is 0.524. The van der Waals surface area contributed by atoms with Gasteiger partial charge in [-0.1, -0.05) is 20.8 Å². The molecule has 17 heavy (non-hydrogen) atoms. The van der Waals surface area contributed by atoms with E-state index < -0.39 is 0 Å². The third kappa shape index (κ3) is 4.11. The lowest BCUT2D eigenvalue weighted by Gasteiger charge is -2.29. The van der Waals surface area contributed by atoms with Gasteiger partial charge in [0.1, 0.15) is 5.82 Å². The number of nitrogens with zero attached hydrogens (tertiary/aromatic N) is 3. The zero-order valence-corrected chi connectivity index (χ0v) is 12.5. The Labute approximate surface area is 113 Å². The standard InChI is InChI=1S/C12H22ClN3S/c1-4-7-11-14-12(17-15-11)16(9-8-13)10(5-2)6-3/h10H,4-9H2,1-3H3. The van der Waals surface area contributed by atoms with Gasteiger partial charge in [0.25, 0.3) is 0 Å². The largest absolute Gasteiger partial charge is 0.343 e. The van der Waals surface area contributed by atoms with E-state index in [4.69, 9.17) is 11.6 Å². The monoisotopic (exact) mass is 275 g/mol. The quantitative estimate of drug-likeness (QED) is 0.677. The third-order valence-electron chi connectivity index (χ3n) is 2.89. The fourth-order valence-electron chi connectivity index (χ4n) is 1.94. The molecular formula is C12H22ClN3S. The van der Waals surface area contributed by atoms with E-state index >= 15 is 0 Å². The Morgan fingerprint density at radius 2 is 2.00 bits per heavy atom. The van der Waals surface area contributed by atoms with Crippen LogP contribution in [0.3, 0.4) is 0 Å². The number of alkyl halides is 1. The molecule has 0 N–H and O–H groups in total. The number of anilines is 1. The number of hydrogen-bond acceptors (Lipinski definition) is 4. The van der Waals surface area contributed by atoms with E-state index in [0.29, 0.717) is 11.9 Å². The van der Waals surface area contributed by atoms with Crippen LogP contribution in [0.15, 0.2) is 0 Å². The zero-order valence-electron chi connectivity index (χ0n) is 10.9. The number of halogens is 1. The second-order valence-electron chi connectivity index (χ2n) is 4.10. The van der Waals surface area contributed by atoms with Crippen LogP contribution in [0.2, 0.25) is 0 Å². The van der Waals surface area contributed by atoms with Gasteiger partial charge < -0.3 is 4.90 Å². The second kappa shape index (κ2) is 7.88. The molecule has 0 aliphatic heterocycles. The molecule has 0 atom stereocenters. The molecule has 0 unspecified atom stereocenters. The summed E-state index contributed by atoms with van der Waals surface area (Å²) < 4.78 is 4.41. The van der Waals surface area contributed by atoms with Gasteiger partial charge in [-0.2, -0.15) is 4.37 Å². The Morgan fingerprint density at radius 1 is 1.29 bits per heavy atom. The Hall–Kier alpha value is -0.350. The van der Waals surface area contributed by atoms with Crippen LogP contribution in [0.5, 0.6) is 0 Å². The van der Waals surface area contributed by atoms with Gasteiger partial charge in [0.2, 0.25) is 5.13 Å². The smallest absolute Gasteiger partial charge is 0.205 e. The van der Waals surface area contributed by atoms with Gasteiger partial charge >= 0.3 is 0 Å². The minimum absolute atomic E-state index is 0.524. The Bertz CT molecular complexity index is 312. The van der Waals surface area contributed by atoms with Crippen molar-refractivity contribution in [1.82, 2.24) is 9.36 Å². The zero-order chi connectivity index (χ0) is 12.7. The van der Waals surface area contributed by atoms with Crippen molar-refractivity contribution >= 4 is 28.3 Å². The van der Waals surface area contributed by atoms with E-state index in [0.717, 1.165) is 43.2 Å². The molecule has 0 aliphatic carbocycles. The summed E-state index contributed by atoms with van der Waals surface area (Å²) in [4.78, 5) is 6.92. The predicted molar refractivity (Wildman–Crippen MR) is 76.3 cm³/mol. The van der Waals surface area contributed by atoms with Gasteiger partial charge in [-0.3, -0.25) is 0 Å². The van der Waals surface area contributed by atoms with Crippen LogP contribution >= 0.6 is 23.1 Å². The molecule has 1 aromatic rings. The van der Waals surface area contributed by atoms with Crippen LogP contribution in [-0.2, 0) is 6.42 Å². The fraction of sp³-hybridized carbons (Fsp3) is 0.833.